The zero-order chi connectivity index (χ0) is 20.5. The van der Waals surface area contributed by atoms with E-state index in [9.17, 15) is 0 Å². The van der Waals surface area contributed by atoms with Crippen LogP contribution in [0.25, 0.3) is 43.8 Å². The Balaban J connectivity index is 1.78. The van der Waals surface area contributed by atoms with Gasteiger partial charge in [0.05, 0.1) is 14.2 Å². The van der Waals surface area contributed by atoms with Gasteiger partial charge in [0.1, 0.15) is 11.5 Å². The summed E-state index contributed by atoms with van der Waals surface area (Å²) in [5.41, 5.74) is 4.80. The molecule has 0 aromatic heterocycles. The Morgan fingerprint density at radius 3 is 1.70 bits per heavy atom. The standard InChI is InChI=1S/C28H22O2/c1-29-24-13-9-19(10-14-24)21-7-8-23-17-22-5-3-4-6-26(22)28(27(23)18-21)20-11-15-25(30-2)16-12-20/h3-18H,1-2H3. The van der Waals surface area contributed by atoms with Gasteiger partial charge in [0.2, 0.25) is 0 Å². The smallest absolute Gasteiger partial charge is 0.118 e. The zero-order valence-corrected chi connectivity index (χ0v) is 17.1. The first-order chi connectivity index (χ1) is 14.8. The predicted molar refractivity (Wildman–Crippen MR) is 125 cm³/mol. The molecule has 0 fully saturated rings. The SMILES string of the molecule is COc1ccc(-c2ccc3cc4ccccc4c(-c4ccc(OC)cc4)c3c2)cc1. The van der Waals surface area contributed by atoms with Crippen molar-refractivity contribution in [1.82, 2.24) is 0 Å². The molecule has 0 unspecified atom stereocenters. The van der Waals surface area contributed by atoms with E-state index in [1.807, 2.05) is 24.3 Å². The minimum atomic E-state index is 0.863. The average Bonchev–Trinajstić information content (AvgIpc) is 2.82. The molecule has 0 saturated carbocycles. The van der Waals surface area contributed by atoms with E-state index in [4.69, 9.17) is 9.47 Å². The molecule has 5 aromatic carbocycles. The highest BCUT2D eigenvalue weighted by Crippen LogP contribution is 2.38. The molecule has 0 N–H and O–H groups in total. The largest absolute Gasteiger partial charge is 0.497 e. The Bertz CT molecular complexity index is 1330. The maximum Gasteiger partial charge on any atom is 0.118 e. The molecule has 0 bridgehead atoms. The summed E-state index contributed by atoms with van der Waals surface area (Å²) in [5, 5.41) is 4.97. The van der Waals surface area contributed by atoms with Gasteiger partial charge in [-0.2, -0.15) is 0 Å². The molecule has 5 rings (SSSR count). The molecule has 0 amide bonds. The average molecular weight is 390 g/mol. The molecule has 0 aliphatic carbocycles. The van der Waals surface area contributed by atoms with E-state index >= 15 is 0 Å². The molecule has 30 heavy (non-hydrogen) atoms. The summed E-state index contributed by atoms with van der Waals surface area (Å²) in [6, 6.07) is 34.1. The van der Waals surface area contributed by atoms with Gasteiger partial charge in [-0.05, 0) is 80.2 Å². The lowest BCUT2D eigenvalue weighted by molar-refractivity contribution is 0.415. The summed E-state index contributed by atoms with van der Waals surface area (Å²) in [7, 11) is 3.39. The molecule has 0 aliphatic heterocycles. The number of ether oxygens (including phenoxy) is 2. The van der Waals surface area contributed by atoms with Crippen LogP contribution in [0.3, 0.4) is 0 Å². The van der Waals surface area contributed by atoms with Crippen molar-refractivity contribution in [1.29, 1.82) is 0 Å². The first-order valence-corrected chi connectivity index (χ1v) is 10.0. The summed E-state index contributed by atoms with van der Waals surface area (Å²) in [5.74, 6) is 1.73. The third-order valence-corrected chi connectivity index (χ3v) is 5.67. The number of rotatable bonds is 4. The van der Waals surface area contributed by atoms with Crippen LogP contribution in [0.15, 0.2) is 97.1 Å². The van der Waals surface area contributed by atoms with Crippen LogP contribution in [0.1, 0.15) is 0 Å². The minimum Gasteiger partial charge on any atom is -0.497 e. The predicted octanol–water partition coefficient (Wildman–Crippen LogP) is 7.34. The molecule has 146 valence electrons. The quantitative estimate of drug-likeness (QED) is 0.299. The van der Waals surface area contributed by atoms with Crippen molar-refractivity contribution in [2.75, 3.05) is 14.2 Å². The van der Waals surface area contributed by atoms with E-state index < -0.39 is 0 Å². The van der Waals surface area contributed by atoms with Gasteiger partial charge in [0.15, 0.2) is 0 Å². The first kappa shape index (κ1) is 18.3. The monoisotopic (exact) mass is 390 g/mol. The molecular formula is C28H22O2. The van der Waals surface area contributed by atoms with Gasteiger partial charge in [-0.25, -0.2) is 0 Å². The van der Waals surface area contributed by atoms with Crippen LogP contribution in [-0.2, 0) is 0 Å². The van der Waals surface area contributed by atoms with Gasteiger partial charge in [-0.15, -0.1) is 0 Å². The van der Waals surface area contributed by atoms with Gasteiger partial charge >= 0.3 is 0 Å². The fraction of sp³-hybridized carbons (Fsp3) is 0.0714. The van der Waals surface area contributed by atoms with E-state index in [-0.39, 0.29) is 0 Å². The maximum absolute atomic E-state index is 5.37. The second kappa shape index (κ2) is 7.57. The van der Waals surface area contributed by atoms with Gasteiger partial charge in [-0.1, -0.05) is 60.7 Å². The Hall–Kier alpha value is -3.78. The Labute approximate surface area is 176 Å². The van der Waals surface area contributed by atoms with Crippen LogP contribution >= 0.6 is 0 Å². The first-order valence-electron chi connectivity index (χ1n) is 10.0. The Morgan fingerprint density at radius 2 is 1.03 bits per heavy atom. The lowest BCUT2D eigenvalue weighted by atomic mass is 9.90. The van der Waals surface area contributed by atoms with Crippen LogP contribution in [0, 0.1) is 0 Å². The van der Waals surface area contributed by atoms with Crippen LogP contribution in [0.5, 0.6) is 11.5 Å². The van der Waals surface area contributed by atoms with Crippen molar-refractivity contribution < 1.29 is 9.47 Å². The number of methoxy groups -OCH3 is 2. The minimum absolute atomic E-state index is 0.863. The van der Waals surface area contributed by atoms with Crippen LogP contribution in [0.2, 0.25) is 0 Å². The third kappa shape index (κ3) is 3.17. The molecule has 0 radical (unpaired) electrons. The van der Waals surface area contributed by atoms with Gasteiger partial charge in [-0.3, -0.25) is 0 Å². The molecular weight excluding hydrogens is 368 g/mol. The fourth-order valence-corrected chi connectivity index (χ4v) is 4.09. The fourth-order valence-electron chi connectivity index (χ4n) is 4.09. The maximum atomic E-state index is 5.37. The highest BCUT2D eigenvalue weighted by atomic mass is 16.5. The van der Waals surface area contributed by atoms with E-state index in [1.165, 1.54) is 43.8 Å². The van der Waals surface area contributed by atoms with Gasteiger partial charge in [0, 0.05) is 0 Å². The van der Waals surface area contributed by atoms with Crippen LogP contribution in [-0.4, -0.2) is 14.2 Å². The molecule has 0 heterocycles. The van der Waals surface area contributed by atoms with Gasteiger partial charge < -0.3 is 9.47 Å². The molecule has 2 heteroatoms. The summed E-state index contributed by atoms with van der Waals surface area (Å²) in [6.07, 6.45) is 0. The van der Waals surface area contributed by atoms with Crippen LogP contribution in [0.4, 0.5) is 0 Å². The molecule has 5 aromatic rings. The normalized spacial score (nSPS) is 11.0. The Morgan fingerprint density at radius 1 is 0.467 bits per heavy atom. The number of fused-ring (bicyclic) bond motifs is 2. The van der Waals surface area contributed by atoms with E-state index in [2.05, 4.69) is 72.8 Å². The topological polar surface area (TPSA) is 18.5 Å². The molecule has 2 nitrogen and oxygen atoms in total. The highest BCUT2D eigenvalue weighted by Gasteiger charge is 2.11. The summed E-state index contributed by atoms with van der Waals surface area (Å²) < 4.78 is 10.7. The summed E-state index contributed by atoms with van der Waals surface area (Å²) >= 11 is 0. The number of hydrogen-bond acceptors (Lipinski definition) is 2. The van der Waals surface area contributed by atoms with Crippen molar-refractivity contribution in [3.8, 4) is 33.8 Å². The molecule has 0 atom stereocenters. The zero-order valence-electron chi connectivity index (χ0n) is 17.1. The van der Waals surface area contributed by atoms with Crippen molar-refractivity contribution in [2.45, 2.75) is 0 Å². The lowest BCUT2D eigenvalue weighted by Crippen LogP contribution is -1.88. The molecule has 0 spiro atoms. The van der Waals surface area contributed by atoms with E-state index in [1.54, 1.807) is 14.2 Å². The second-order valence-corrected chi connectivity index (χ2v) is 7.37. The summed E-state index contributed by atoms with van der Waals surface area (Å²) in [6.45, 7) is 0. The van der Waals surface area contributed by atoms with E-state index in [0.29, 0.717) is 0 Å². The van der Waals surface area contributed by atoms with Crippen molar-refractivity contribution in [3.05, 3.63) is 97.1 Å². The van der Waals surface area contributed by atoms with Crippen LogP contribution < -0.4 is 9.47 Å². The lowest BCUT2D eigenvalue weighted by Gasteiger charge is -2.14. The van der Waals surface area contributed by atoms with Crippen molar-refractivity contribution in [2.24, 2.45) is 0 Å². The second-order valence-electron chi connectivity index (χ2n) is 7.37. The van der Waals surface area contributed by atoms with E-state index in [0.717, 1.165) is 11.5 Å². The Kier molecular flexibility index (Phi) is 4.61. The summed E-state index contributed by atoms with van der Waals surface area (Å²) in [4.78, 5) is 0. The third-order valence-electron chi connectivity index (χ3n) is 5.67. The van der Waals surface area contributed by atoms with Crippen molar-refractivity contribution >= 4 is 21.5 Å². The van der Waals surface area contributed by atoms with Crippen molar-refractivity contribution in [3.63, 3.8) is 0 Å². The molecule has 0 aliphatic rings. The van der Waals surface area contributed by atoms with Gasteiger partial charge in [0.25, 0.3) is 0 Å². The number of hydrogen-bond donors (Lipinski definition) is 0. The highest BCUT2D eigenvalue weighted by molar-refractivity contribution is 6.13. The molecule has 0 saturated heterocycles. The number of benzene rings is 5.